The van der Waals surface area contributed by atoms with Gasteiger partial charge in [-0.05, 0) is 12.8 Å². The van der Waals surface area contributed by atoms with Crippen molar-refractivity contribution in [1.29, 1.82) is 0 Å². The average Bonchev–Trinajstić information content (AvgIpc) is 2.53. The van der Waals surface area contributed by atoms with Crippen LogP contribution in [0.5, 0.6) is 0 Å². The van der Waals surface area contributed by atoms with Crippen LogP contribution in [-0.4, -0.2) is 65.0 Å². The predicted octanol–water partition coefficient (Wildman–Crippen LogP) is -2.72. The number of rotatable bonds is 11. The third kappa shape index (κ3) is 8.84. The second kappa shape index (κ2) is 11.8. The van der Waals surface area contributed by atoms with Gasteiger partial charge in [0.05, 0.1) is 6.04 Å². The van der Waals surface area contributed by atoms with E-state index in [9.17, 15) is 14.4 Å². The molecule has 24 heavy (non-hydrogen) atoms. The first-order valence-electron chi connectivity index (χ1n) is 7.09. The van der Waals surface area contributed by atoms with Gasteiger partial charge >= 0.3 is 5.97 Å². The summed E-state index contributed by atoms with van der Waals surface area (Å²) >= 11 is 7.78. The maximum Gasteiger partial charge on any atom is 0.327 e. The summed E-state index contributed by atoms with van der Waals surface area (Å²) in [5, 5.41) is 13.7. The Morgan fingerprint density at radius 3 is 2.08 bits per heavy atom. The minimum atomic E-state index is -1.23. The number of carboxylic acids is 1. The maximum atomic E-state index is 12.2. The van der Waals surface area contributed by atoms with Crippen molar-refractivity contribution in [2.24, 2.45) is 22.2 Å². The number of thiol groups is 2. The van der Waals surface area contributed by atoms with Gasteiger partial charge in [0.1, 0.15) is 12.1 Å². The molecule has 0 fully saturated rings. The Morgan fingerprint density at radius 1 is 1.04 bits per heavy atom. The summed E-state index contributed by atoms with van der Waals surface area (Å²) in [6, 6.07) is -3.03. The fraction of sp³-hybridized carbons (Fsp3) is 0.667. The number of aliphatic imine (C=N–C) groups is 1. The molecular formula is C12H24N6O4S2. The van der Waals surface area contributed by atoms with Crippen LogP contribution >= 0.6 is 25.3 Å². The van der Waals surface area contributed by atoms with Crippen LogP contribution in [-0.2, 0) is 14.4 Å². The fourth-order valence-corrected chi connectivity index (χ4v) is 2.01. The number of carbonyl (C=O) groups excluding carboxylic acids is 2. The van der Waals surface area contributed by atoms with Crippen LogP contribution in [0.3, 0.4) is 0 Å². The molecule has 0 aliphatic carbocycles. The zero-order chi connectivity index (χ0) is 18.7. The number of amides is 2. The molecule has 0 aromatic carbocycles. The molecule has 0 rings (SSSR count). The van der Waals surface area contributed by atoms with Gasteiger partial charge in [-0.2, -0.15) is 25.3 Å². The number of hydrogen-bond donors (Lipinski definition) is 8. The van der Waals surface area contributed by atoms with E-state index in [1.54, 1.807) is 0 Å². The van der Waals surface area contributed by atoms with Gasteiger partial charge < -0.3 is 32.9 Å². The molecule has 0 aromatic rings. The molecular weight excluding hydrogens is 356 g/mol. The highest BCUT2D eigenvalue weighted by Crippen LogP contribution is 2.01. The first kappa shape index (κ1) is 22.3. The van der Waals surface area contributed by atoms with Crippen LogP contribution in [0, 0.1) is 0 Å². The monoisotopic (exact) mass is 380 g/mol. The minimum absolute atomic E-state index is 0.0850. The molecule has 12 heteroatoms. The van der Waals surface area contributed by atoms with E-state index in [0.717, 1.165) is 0 Å². The van der Waals surface area contributed by atoms with Crippen LogP contribution in [0.15, 0.2) is 4.99 Å². The van der Waals surface area contributed by atoms with Crippen molar-refractivity contribution in [2.45, 2.75) is 31.0 Å². The van der Waals surface area contributed by atoms with Gasteiger partial charge in [-0.25, -0.2) is 4.79 Å². The van der Waals surface area contributed by atoms with Crippen molar-refractivity contribution in [1.82, 2.24) is 10.6 Å². The lowest BCUT2D eigenvalue weighted by molar-refractivity contribution is -0.141. The first-order chi connectivity index (χ1) is 11.2. The molecule has 0 spiro atoms. The molecule has 0 saturated heterocycles. The zero-order valence-corrected chi connectivity index (χ0v) is 14.8. The number of nitrogens with one attached hydrogen (secondary N) is 2. The van der Waals surface area contributed by atoms with Crippen molar-refractivity contribution in [3.05, 3.63) is 0 Å². The molecule has 0 radical (unpaired) electrons. The molecule has 0 aromatic heterocycles. The van der Waals surface area contributed by atoms with E-state index in [4.69, 9.17) is 22.3 Å². The Balaban J connectivity index is 4.88. The van der Waals surface area contributed by atoms with Crippen molar-refractivity contribution in [3.63, 3.8) is 0 Å². The molecule has 2 amide bonds. The maximum absolute atomic E-state index is 12.2. The van der Waals surface area contributed by atoms with Gasteiger partial charge in [-0.1, -0.05) is 0 Å². The molecule has 0 heterocycles. The highest BCUT2D eigenvalue weighted by Gasteiger charge is 2.26. The van der Waals surface area contributed by atoms with E-state index in [-0.39, 0.29) is 30.4 Å². The second-order valence-corrected chi connectivity index (χ2v) is 5.61. The highest BCUT2D eigenvalue weighted by molar-refractivity contribution is 7.80. The van der Waals surface area contributed by atoms with Gasteiger partial charge in [0, 0.05) is 18.1 Å². The molecule has 0 aliphatic heterocycles. The molecule has 0 bridgehead atoms. The van der Waals surface area contributed by atoms with Gasteiger partial charge in [0.2, 0.25) is 11.8 Å². The van der Waals surface area contributed by atoms with Crippen LogP contribution in [0.1, 0.15) is 12.8 Å². The number of carboxylic acid groups (broad SMARTS) is 1. The van der Waals surface area contributed by atoms with Gasteiger partial charge in [0.25, 0.3) is 0 Å². The second-order valence-electron chi connectivity index (χ2n) is 4.88. The minimum Gasteiger partial charge on any atom is -0.480 e. The smallest absolute Gasteiger partial charge is 0.327 e. The Bertz CT molecular complexity index is 472. The van der Waals surface area contributed by atoms with Crippen molar-refractivity contribution >= 4 is 49.0 Å². The van der Waals surface area contributed by atoms with Crippen molar-refractivity contribution < 1.29 is 19.5 Å². The molecule has 3 atom stereocenters. The van der Waals surface area contributed by atoms with Crippen molar-refractivity contribution in [3.8, 4) is 0 Å². The Kier molecular flexibility index (Phi) is 11.0. The summed E-state index contributed by atoms with van der Waals surface area (Å²) in [6.07, 6.45) is 0.595. The van der Waals surface area contributed by atoms with Crippen LogP contribution in [0.2, 0.25) is 0 Å². The number of carbonyl (C=O) groups is 3. The van der Waals surface area contributed by atoms with E-state index >= 15 is 0 Å². The summed E-state index contributed by atoms with van der Waals surface area (Å²) in [6.45, 7) is 0.259. The van der Waals surface area contributed by atoms with Gasteiger partial charge in [-0.15, -0.1) is 0 Å². The molecule has 3 unspecified atom stereocenters. The molecule has 0 saturated carbocycles. The number of nitrogens with zero attached hydrogens (tertiary/aromatic N) is 1. The summed E-state index contributed by atoms with van der Waals surface area (Å²) in [4.78, 5) is 38.8. The Morgan fingerprint density at radius 2 is 1.62 bits per heavy atom. The number of guanidine groups is 1. The number of aliphatic carboxylic acids is 1. The summed E-state index contributed by atoms with van der Waals surface area (Å²) < 4.78 is 0. The van der Waals surface area contributed by atoms with E-state index < -0.39 is 35.9 Å². The Hall–Kier alpha value is -1.66. The van der Waals surface area contributed by atoms with Crippen LogP contribution in [0.25, 0.3) is 0 Å². The third-order valence-corrected chi connectivity index (χ3v) is 3.67. The lowest BCUT2D eigenvalue weighted by Crippen LogP contribution is -2.55. The average molecular weight is 380 g/mol. The SMILES string of the molecule is NC(N)=NCCCC(NC(=O)C(N)CS)C(=O)NC(CS)C(=O)O. The summed E-state index contributed by atoms with van der Waals surface area (Å²) in [5.41, 5.74) is 16.0. The quantitative estimate of drug-likeness (QED) is 0.0827. The van der Waals surface area contributed by atoms with Crippen molar-refractivity contribution in [2.75, 3.05) is 18.1 Å². The van der Waals surface area contributed by atoms with Crippen LogP contribution in [0.4, 0.5) is 0 Å². The standard InChI is InChI=1S/C12H24N6O4S2/c13-6(4-23)9(19)17-7(2-1-3-16-12(14)15)10(20)18-8(5-24)11(21)22/h6-8,23-24H,1-5,13H2,(H,17,19)(H,18,20)(H,21,22)(H4,14,15,16). The van der Waals surface area contributed by atoms with E-state index in [1.165, 1.54) is 0 Å². The summed E-state index contributed by atoms with van der Waals surface area (Å²) in [5.74, 6) is -2.52. The fourth-order valence-electron chi connectivity index (χ4n) is 1.59. The predicted molar refractivity (Wildman–Crippen MR) is 97.1 cm³/mol. The largest absolute Gasteiger partial charge is 0.480 e. The molecule has 138 valence electrons. The van der Waals surface area contributed by atoms with E-state index in [0.29, 0.717) is 6.42 Å². The van der Waals surface area contributed by atoms with Gasteiger partial charge in [0.15, 0.2) is 5.96 Å². The molecule has 9 N–H and O–H groups in total. The topological polar surface area (TPSA) is 186 Å². The Labute approximate surface area is 150 Å². The zero-order valence-electron chi connectivity index (χ0n) is 13.0. The normalized spacial score (nSPS) is 14.1. The molecule has 0 aliphatic rings. The van der Waals surface area contributed by atoms with E-state index in [2.05, 4.69) is 40.9 Å². The lowest BCUT2D eigenvalue weighted by atomic mass is 10.1. The highest BCUT2D eigenvalue weighted by atomic mass is 32.1. The third-order valence-electron chi connectivity index (χ3n) is 2.91. The molecule has 10 nitrogen and oxygen atoms in total. The first-order valence-corrected chi connectivity index (χ1v) is 8.35. The van der Waals surface area contributed by atoms with E-state index in [1.807, 2.05) is 0 Å². The van der Waals surface area contributed by atoms with Crippen LogP contribution < -0.4 is 27.8 Å². The number of hydrogen-bond acceptors (Lipinski definition) is 7. The number of nitrogens with two attached hydrogens (primary N) is 3. The summed E-state index contributed by atoms with van der Waals surface area (Å²) in [7, 11) is 0. The lowest BCUT2D eigenvalue weighted by Gasteiger charge is -2.21. The van der Waals surface area contributed by atoms with Gasteiger partial charge in [-0.3, -0.25) is 14.6 Å².